The highest BCUT2D eigenvalue weighted by atomic mass is 16.5. The number of ether oxygens (including phenoxy) is 2. The minimum absolute atomic E-state index is 0.251. The molecule has 3 nitrogen and oxygen atoms in total. The first-order valence-electron chi connectivity index (χ1n) is 13.4. The second-order valence-electron chi connectivity index (χ2n) is 9.28. The fraction of sp³-hybridized carbons (Fsp3) is 0.438. The van der Waals surface area contributed by atoms with Crippen molar-refractivity contribution in [3.63, 3.8) is 0 Å². The molecule has 0 unspecified atom stereocenters. The maximum Gasteiger partial charge on any atom is 0.123 e. The maximum atomic E-state index is 10.7. The molecule has 188 valence electrons. The van der Waals surface area contributed by atoms with Crippen LogP contribution in [0.15, 0.2) is 54.6 Å². The van der Waals surface area contributed by atoms with Gasteiger partial charge in [-0.2, -0.15) is 0 Å². The summed E-state index contributed by atoms with van der Waals surface area (Å²) in [4.78, 5) is 0. The Balaban J connectivity index is 1.81. The lowest BCUT2D eigenvalue weighted by molar-refractivity contribution is 0.276. The van der Waals surface area contributed by atoms with E-state index in [4.69, 9.17) is 9.47 Å². The number of phenolic OH excluding ortho intramolecular Hbond substituents is 1. The smallest absolute Gasteiger partial charge is 0.123 e. The van der Waals surface area contributed by atoms with Gasteiger partial charge in [-0.05, 0) is 71.7 Å². The van der Waals surface area contributed by atoms with E-state index >= 15 is 0 Å². The fourth-order valence-electron chi connectivity index (χ4n) is 4.80. The van der Waals surface area contributed by atoms with E-state index in [0.717, 1.165) is 74.0 Å². The number of rotatable bonds is 14. The van der Waals surface area contributed by atoms with E-state index in [-0.39, 0.29) is 5.75 Å². The second-order valence-corrected chi connectivity index (χ2v) is 9.28. The molecule has 0 atom stereocenters. The molecule has 0 aliphatic rings. The van der Waals surface area contributed by atoms with Crippen LogP contribution in [0.3, 0.4) is 0 Å². The summed E-state index contributed by atoms with van der Waals surface area (Å²) in [6.07, 6.45) is 8.51. The molecule has 0 aliphatic heterocycles. The van der Waals surface area contributed by atoms with Gasteiger partial charge in [0.25, 0.3) is 0 Å². The van der Waals surface area contributed by atoms with Crippen molar-refractivity contribution in [1.82, 2.24) is 0 Å². The molecule has 0 fully saturated rings. The molecule has 0 aromatic heterocycles. The zero-order valence-corrected chi connectivity index (χ0v) is 22.0. The van der Waals surface area contributed by atoms with Gasteiger partial charge in [0.1, 0.15) is 30.5 Å². The van der Waals surface area contributed by atoms with E-state index in [1.54, 1.807) is 6.07 Å². The Morgan fingerprint density at radius 2 is 0.971 bits per heavy atom. The number of benzene rings is 3. The highest BCUT2D eigenvalue weighted by molar-refractivity contribution is 5.44. The molecule has 0 amide bonds. The van der Waals surface area contributed by atoms with Crippen molar-refractivity contribution in [3.05, 3.63) is 88.0 Å². The minimum Gasteiger partial charge on any atom is -0.508 e. The third-order valence-electron chi connectivity index (χ3n) is 6.50. The fourth-order valence-corrected chi connectivity index (χ4v) is 4.80. The van der Waals surface area contributed by atoms with Gasteiger partial charge in [-0.15, -0.1) is 0 Å². The first-order valence-corrected chi connectivity index (χ1v) is 13.4. The lowest BCUT2D eigenvalue weighted by atomic mass is 9.98. The van der Waals surface area contributed by atoms with Crippen LogP contribution in [0.25, 0.3) is 0 Å². The zero-order valence-electron chi connectivity index (χ0n) is 22.0. The largest absolute Gasteiger partial charge is 0.508 e. The Bertz CT molecular complexity index is 1070. The van der Waals surface area contributed by atoms with E-state index in [2.05, 4.69) is 64.1 Å². The van der Waals surface area contributed by atoms with Crippen LogP contribution in [0.1, 0.15) is 86.8 Å². The molecule has 3 aromatic carbocycles. The van der Waals surface area contributed by atoms with Gasteiger partial charge in [-0.3, -0.25) is 0 Å². The van der Waals surface area contributed by atoms with Gasteiger partial charge in [0.05, 0.1) is 0 Å². The van der Waals surface area contributed by atoms with Gasteiger partial charge < -0.3 is 14.6 Å². The summed E-state index contributed by atoms with van der Waals surface area (Å²) in [6.45, 7) is 9.55. The van der Waals surface area contributed by atoms with Crippen LogP contribution in [-0.2, 0) is 38.9 Å². The quantitative estimate of drug-likeness (QED) is 0.255. The van der Waals surface area contributed by atoms with Crippen LogP contribution in [0.4, 0.5) is 0 Å². The third-order valence-corrected chi connectivity index (χ3v) is 6.50. The molecule has 35 heavy (non-hydrogen) atoms. The Labute approximate surface area is 212 Å². The van der Waals surface area contributed by atoms with Crippen molar-refractivity contribution in [2.24, 2.45) is 0 Å². The predicted molar refractivity (Wildman–Crippen MR) is 146 cm³/mol. The number of hydrogen-bond donors (Lipinski definition) is 1. The summed E-state index contributed by atoms with van der Waals surface area (Å²) >= 11 is 0. The zero-order chi connectivity index (χ0) is 25.0. The van der Waals surface area contributed by atoms with Gasteiger partial charge in [0.2, 0.25) is 0 Å². The first kappa shape index (κ1) is 26.7. The summed E-state index contributed by atoms with van der Waals surface area (Å²) < 4.78 is 12.7. The van der Waals surface area contributed by atoms with Gasteiger partial charge in [0, 0.05) is 5.56 Å². The summed E-state index contributed by atoms with van der Waals surface area (Å²) in [6, 6.07) is 18.3. The predicted octanol–water partition coefficient (Wildman–Crippen LogP) is 8.36. The van der Waals surface area contributed by atoms with Crippen LogP contribution < -0.4 is 9.47 Å². The van der Waals surface area contributed by atoms with E-state index in [9.17, 15) is 5.11 Å². The van der Waals surface area contributed by atoms with Crippen molar-refractivity contribution in [2.75, 3.05) is 0 Å². The van der Waals surface area contributed by atoms with E-state index < -0.39 is 0 Å². The Kier molecular flexibility index (Phi) is 10.5. The molecule has 3 rings (SSSR count). The summed E-state index contributed by atoms with van der Waals surface area (Å²) in [5.74, 6) is 2.12. The normalized spacial score (nSPS) is 11.0. The number of hydrogen-bond acceptors (Lipinski definition) is 3. The Hall–Kier alpha value is -2.94. The standard InChI is InChI=1S/C32H42O3/c1-5-12-24-16-10-20-31(27(24)14-7-3)34-22-26-18-9-19-30(33)29(26)23-35-32-21-11-17-25(13-6-2)28(32)15-8-4/h9-11,16-21,33H,5-8,12-15,22-23H2,1-4H3. The van der Waals surface area contributed by atoms with Crippen molar-refractivity contribution in [3.8, 4) is 17.2 Å². The second kappa shape index (κ2) is 13.8. The van der Waals surface area contributed by atoms with Crippen LogP contribution in [0.2, 0.25) is 0 Å². The van der Waals surface area contributed by atoms with Crippen molar-refractivity contribution >= 4 is 0 Å². The molecule has 3 heteroatoms. The van der Waals surface area contributed by atoms with Crippen LogP contribution in [0, 0.1) is 0 Å². The maximum absolute atomic E-state index is 10.7. The summed E-state index contributed by atoms with van der Waals surface area (Å²) in [7, 11) is 0. The number of aryl methyl sites for hydroxylation is 2. The van der Waals surface area contributed by atoms with Gasteiger partial charge in [-0.25, -0.2) is 0 Å². The van der Waals surface area contributed by atoms with E-state index in [0.29, 0.717) is 13.2 Å². The Morgan fingerprint density at radius 1 is 0.514 bits per heavy atom. The van der Waals surface area contributed by atoms with Crippen LogP contribution in [-0.4, -0.2) is 5.11 Å². The molecule has 0 saturated carbocycles. The molecular formula is C32H42O3. The lowest BCUT2D eigenvalue weighted by Gasteiger charge is -2.19. The highest BCUT2D eigenvalue weighted by Crippen LogP contribution is 2.30. The third kappa shape index (κ3) is 7.04. The molecule has 0 radical (unpaired) electrons. The van der Waals surface area contributed by atoms with Gasteiger partial charge >= 0.3 is 0 Å². The SMILES string of the molecule is CCCc1cccc(OCc2cccc(O)c2COc2cccc(CCC)c2CCC)c1CCC. The van der Waals surface area contributed by atoms with Crippen molar-refractivity contribution < 1.29 is 14.6 Å². The number of aromatic hydroxyl groups is 1. The number of phenols is 1. The van der Waals surface area contributed by atoms with E-state index in [1.807, 2.05) is 12.1 Å². The van der Waals surface area contributed by atoms with Crippen molar-refractivity contribution in [1.29, 1.82) is 0 Å². The average Bonchev–Trinajstić information content (AvgIpc) is 2.85. The lowest BCUT2D eigenvalue weighted by Crippen LogP contribution is -2.07. The molecule has 0 spiro atoms. The van der Waals surface area contributed by atoms with Crippen LogP contribution >= 0.6 is 0 Å². The summed E-state index contributed by atoms with van der Waals surface area (Å²) in [5, 5.41) is 10.7. The molecule has 0 aliphatic carbocycles. The topological polar surface area (TPSA) is 38.7 Å². The van der Waals surface area contributed by atoms with E-state index in [1.165, 1.54) is 22.3 Å². The molecule has 3 aromatic rings. The minimum atomic E-state index is 0.251. The van der Waals surface area contributed by atoms with Crippen LogP contribution in [0.5, 0.6) is 17.2 Å². The molecule has 1 N–H and O–H groups in total. The molecule has 0 heterocycles. The molecule has 0 bridgehead atoms. The average molecular weight is 475 g/mol. The molecular weight excluding hydrogens is 432 g/mol. The van der Waals surface area contributed by atoms with Gasteiger partial charge in [0.15, 0.2) is 0 Å². The summed E-state index contributed by atoms with van der Waals surface area (Å²) in [5.41, 5.74) is 7.09. The first-order chi connectivity index (χ1) is 17.1. The van der Waals surface area contributed by atoms with Crippen molar-refractivity contribution in [2.45, 2.75) is 92.3 Å². The molecule has 0 saturated heterocycles. The highest BCUT2D eigenvalue weighted by Gasteiger charge is 2.14. The monoisotopic (exact) mass is 474 g/mol. The Morgan fingerprint density at radius 3 is 1.49 bits per heavy atom. The van der Waals surface area contributed by atoms with Gasteiger partial charge in [-0.1, -0.05) is 89.8 Å².